The number of hydrogen-bond donors (Lipinski definition) is 3. The molecule has 114 valence electrons. The topological polar surface area (TPSA) is 73.7 Å². The van der Waals surface area contributed by atoms with Crippen molar-refractivity contribution in [3.05, 3.63) is 57.0 Å². The lowest BCUT2D eigenvalue weighted by molar-refractivity contribution is -0.119. The van der Waals surface area contributed by atoms with Crippen molar-refractivity contribution in [1.29, 1.82) is 0 Å². The molecule has 0 radical (unpaired) electrons. The Hall–Kier alpha value is -1.86. The molecule has 0 aromatic heterocycles. The molecule has 2 aromatic carbocycles. The Labute approximate surface area is 144 Å². The predicted molar refractivity (Wildman–Crippen MR) is 94.2 cm³/mol. The SMILES string of the molecule is O=C(CNc1ccc(Br)cc1Br)NN=Cc1ccc(O)cc1. The number of hydrazone groups is 1. The average molecular weight is 427 g/mol. The Morgan fingerprint density at radius 1 is 1.18 bits per heavy atom. The summed E-state index contributed by atoms with van der Waals surface area (Å²) in [5.41, 5.74) is 4.03. The van der Waals surface area contributed by atoms with E-state index in [0.717, 1.165) is 20.2 Å². The van der Waals surface area contributed by atoms with Crippen molar-refractivity contribution < 1.29 is 9.90 Å². The number of phenols is 1. The average Bonchev–Trinajstić information content (AvgIpc) is 2.48. The third-order valence-electron chi connectivity index (χ3n) is 2.67. The highest BCUT2D eigenvalue weighted by Gasteiger charge is 2.03. The molecule has 0 bridgehead atoms. The molecule has 0 heterocycles. The number of carbonyl (C=O) groups is 1. The van der Waals surface area contributed by atoms with E-state index in [1.54, 1.807) is 24.3 Å². The predicted octanol–water partition coefficient (Wildman–Crippen LogP) is 3.48. The van der Waals surface area contributed by atoms with Gasteiger partial charge in [-0.15, -0.1) is 0 Å². The lowest BCUT2D eigenvalue weighted by atomic mass is 10.2. The normalized spacial score (nSPS) is 10.6. The van der Waals surface area contributed by atoms with Crippen LogP contribution in [-0.4, -0.2) is 23.8 Å². The van der Waals surface area contributed by atoms with Crippen molar-refractivity contribution >= 4 is 49.7 Å². The number of aromatic hydroxyl groups is 1. The molecule has 2 aromatic rings. The van der Waals surface area contributed by atoms with Crippen LogP contribution in [0.2, 0.25) is 0 Å². The summed E-state index contributed by atoms with van der Waals surface area (Å²) < 4.78 is 1.81. The van der Waals surface area contributed by atoms with Gasteiger partial charge in [-0.1, -0.05) is 15.9 Å². The molecule has 0 aliphatic heterocycles. The molecule has 0 unspecified atom stereocenters. The smallest absolute Gasteiger partial charge is 0.259 e. The zero-order valence-corrected chi connectivity index (χ0v) is 14.6. The first kappa shape index (κ1) is 16.5. The molecule has 0 saturated carbocycles. The van der Waals surface area contributed by atoms with Gasteiger partial charge in [0.1, 0.15) is 5.75 Å². The summed E-state index contributed by atoms with van der Waals surface area (Å²) in [6, 6.07) is 12.1. The second-order valence-electron chi connectivity index (χ2n) is 4.36. The van der Waals surface area contributed by atoms with E-state index in [9.17, 15) is 4.79 Å². The number of hydrogen-bond acceptors (Lipinski definition) is 4. The Kier molecular flexibility index (Phi) is 5.97. The van der Waals surface area contributed by atoms with Crippen molar-refractivity contribution in [2.45, 2.75) is 0 Å². The van der Waals surface area contributed by atoms with E-state index in [2.05, 4.69) is 47.7 Å². The van der Waals surface area contributed by atoms with Gasteiger partial charge in [0.15, 0.2) is 0 Å². The summed E-state index contributed by atoms with van der Waals surface area (Å²) in [4.78, 5) is 11.7. The van der Waals surface area contributed by atoms with Crippen LogP contribution in [0.15, 0.2) is 56.5 Å². The second kappa shape index (κ2) is 7.95. The number of rotatable bonds is 5. The fourth-order valence-corrected chi connectivity index (χ4v) is 2.77. The molecule has 0 saturated heterocycles. The van der Waals surface area contributed by atoms with Crippen molar-refractivity contribution in [3.63, 3.8) is 0 Å². The summed E-state index contributed by atoms with van der Waals surface area (Å²) >= 11 is 6.78. The highest BCUT2D eigenvalue weighted by Crippen LogP contribution is 2.25. The number of carbonyl (C=O) groups excluding carboxylic acids is 1. The monoisotopic (exact) mass is 425 g/mol. The van der Waals surface area contributed by atoms with Crippen LogP contribution in [0.1, 0.15) is 5.56 Å². The Morgan fingerprint density at radius 2 is 1.91 bits per heavy atom. The van der Waals surface area contributed by atoms with E-state index in [-0.39, 0.29) is 18.2 Å². The molecule has 22 heavy (non-hydrogen) atoms. The van der Waals surface area contributed by atoms with Crippen LogP contribution >= 0.6 is 31.9 Å². The molecule has 5 nitrogen and oxygen atoms in total. The molecule has 7 heteroatoms. The molecule has 2 rings (SSSR count). The summed E-state index contributed by atoms with van der Waals surface area (Å²) in [5.74, 6) is -0.0738. The van der Waals surface area contributed by atoms with Gasteiger partial charge in [0.2, 0.25) is 0 Å². The van der Waals surface area contributed by atoms with Crippen LogP contribution < -0.4 is 10.7 Å². The molecule has 0 atom stereocenters. The van der Waals surface area contributed by atoms with E-state index in [1.807, 2.05) is 18.2 Å². The molecular weight excluding hydrogens is 414 g/mol. The first-order valence-electron chi connectivity index (χ1n) is 6.34. The van der Waals surface area contributed by atoms with Gasteiger partial charge in [0.25, 0.3) is 5.91 Å². The summed E-state index contributed by atoms with van der Waals surface area (Å²) in [6.07, 6.45) is 1.51. The highest BCUT2D eigenvalue weighted by atomic mass is 79.9. The number of amides is 1. The van der Waals surface area contributed by atoms with Crippen LogP contribution in [-0.2, 0) is 4.79 Å². The van der Waals surface area contributed by atoms with Crippen LogP contribution in [0.25, 0.3) is 0 Å². The molecule has 1 amide bonds. The number of nitrogens with one attached hydrogen (secondary N) is 2. The Bertz CT molecular complexity index is 688. The third kappa shape index (κ3) is 5.16. The van der Waals surface area contributed by atoms with Gasteiger partial charge in [-0.05, 0) is 64.0 Å². The Morgan fingerprint density at radius 3 is 2.59 bits per heavy atom. The highest BCUT2D eigenvalue weighted by molar-refractivity contribution is 9.11. The van der Waals surface area contributed by atoms with Crippen LogP contribution in [0.4, 0.5) is 5.69 Å². The first-order valence-corrected chi connectivity index (χ1v) is 7.93. The molecule has 0 aliphatic carbocycles. The molecular formula is C15H13Br2N3O2. The van der Waals surface area contributed by atoms with Crippen LogP contribution in [0.5, 0.6) is 5.75 Å². The van der Waals surface area contributed by atoms with Gasteiger partial charge < -0.3 is 10.4 Å². The third-order valence-corrected chi connectivity index (χ3v) is 3.82. The number of phenolic OH excluding ortho intramolecular Hbond substituents is 1. The van der Waals surface area contributed by atoms with Crippen LogP contribution in [0.3, 0.4) is 0 Å². The summed E-state index contributed by atoms with van der Waals surface area (Å²) in [7, 11) is 0. The summed E-state index contributed by atoms with van der Waals surface area (Å²) in [6.45, 7) is 0.104. The molecule has 3 N–H and O–H groups in total. The van der Waals surface area contributed by atoms with E-state index in [1.165, 1.54) is 6.21 Å². The van der Waals surface area contributed by atoms with Gasteiger partial charge in [-0.3, -0.25) is 4.79 Å². The zero-order chi connectivity index (χ0) is 15.9. The van der Waals surface area contributed by atoms with Crippen molar-refractivity contribution in [2.24, 2.45) is 5.10 Å². The number of benzene rings is 2. The Balaban J connectivity index is 1.81. The fourth-order valence-electron chi connectivity index (χ4n) is 1.59. The maximum Gasteiger partial charge on any atom is 0.259 e. The minimum atomic E-state index is -0.259. The zero-order valence-electron chi connectivity index (χ0n) is 11.4. The standard InChI is InChI=1S/C15H13Br2N3O2/c16-11-3-6-14(13(17)7-11)18-9-15(22)20-19-8-10-1-4-12(21)5-2-10/h1-8,18,21H,9H2,(H,20,22). The van der Waals surface area contributed by atoms with Gasteiger partial charge in [-0.25, -0.2) is 5.43 Å². The maximum atomic E-state index is 11.7. The lowest BCUT2D eigenvalue weighted by Crippen LogP contribution is -2.26. The minimum absolute atomic E-state index is 0.104. The van der Waals surface area contributed by atoms with Gasteiger partial charge >= 0.3 is 0 Å². The largest absolute Gasteiger partial charge is 0.508 e. The second-order valence-corrected chi connectivity index (χ2v) is 6.13. The number of anilines is 1. The van der Waals surface area contributed by atoms with Crippen molar-refractivity contribution in [2.75, 3.05) is 11.9 Å². The van der Waals surface area contributed by atoms with Gasteiger partial charge in [-0.2, -0.15) is 5.10 Å². The molecule has 0 fully saturated rings. The van der Waals surface area contributed by atoms with Gasteiger partial charge in [0, 0.05) is 14.6 Å². The first-order chi connectivity index (χ1) is 10.5. The fraction of sp³-hybridized carbons (Fsp3) is 0.0667. The number of halogens is 2. The number of nitrogens with zero attached hydrogens (tertiary/aromatic N) is 1. The van der Waals surface area contributed by atoms with E-state index < -0.39 is 0 Å². The van der Waals surface area contributed by atoms with Crippen molar-refractivity contribution in [3.8, 4) is 5.75 Å². The minimum Gasteiger partial charge on any atom is -0.508 e. The van der Waals surface area contributed by atoms with Gasteiger partial charge in [0.05, 0.1) is 12.8 Å². The van der Waals surface area contributed by atoms with E-state index >= 15 is 0 Å². The maximum absolute atomic E-state index is 11.7. The molecule has 0 aliphatic rings. The molecule has 0 spiro atoms. The van der Waals surface area contributed by atoms with E-state index in [0.29, 0.717) is 0 Å². The van der Waals surface area contributed by atoms with E-state index in [4.69, 9.17) is 5.11 Å². The quantitative estimate of drug-likeness (QED) is 0.506. The summed E-state index contributed by atoms with van der Waals surface area (Å²) in [5, 5.41) is 16.0. The van der Waals surface area contributed by atoms with Crippen LogP contribution in [0, 0.1) is 0 Å². The lowest BCUT2D eigenvalue weighted by Gasteiger charge is -2.07. The van der Waals surface area contributed by atoms with Crippen molar-refractivity contribution in [1.82, 2.24) is 5.43 Å².